The van der Waals surface area contributed by atoms with Crippen LogP contribution in [0.2, 0.25) is 5.02 Å². The zero-order valence-electron chi connectivity index (χ0n) is 14.0. The van der Waals surface area contributed by atoms with Gasteiger partial charge in [0.15, 0.2) is 0 Å². The Morgan fingerprint density at radius 2 is 1.92 bits per heavy atom. The fourth-order valence-electron chi connectivity index (χ4n) is 2.97. The Morgan fingerprint density at radius 1 is 1.15 bits per heavy atom. The highest BCUT2D eigenvalue weighted by Crippen LogP contribution is 2.40. The Labute approximate surface area is 161 Å². The summed E-state index contributed by atoms with van der Waals surface area (Å²) in [6.07, 6.45) is 3.28. The number of carbonyl (C=O) groups excluding carboxylic acids is 1. The van der Waals surface area contributed by atoms with Crippen molar-refractivity contribution in [3.63, 3.8) is 0 Å². The summed E-state index contributed by atoms with van der Waals surface area (Å²) in [5, 5.41) is 1.80. The molecule has 0 spiro atoms. The van der Waals surface area contributed by atoms with E-state index in [1.807, 2.05) is 30.3 Å². The van der Waals surface area contributed by atoms with Gasteiger partial charge in [0.2, 0.25) is 5.78 Å². The van der Waals surface area contributed by atoms with Crippen LogP contribution in [-0.2, 0) is 4.74 Å². The number of nitrogens with zero attached hydrogens (tertiary/aromatic N) is 2. The molecule has 132 valence electrons. The van der Waals surface area contributed by atoms with Gasteiger partial charge in [-0.25, -0.2) is 0 Å². The third-order valence-electron chi connectivity index (χ3n) is 4.31. The highest BCUT2D eigenvalue weighted by Gasteiger charge is 2.22. The molecule has 6 heteroatoms. The summed E-state index contributed by atoms with van der Waals surface area (Å²) in [4.78, 5) is 19.9. The summed E-state index contributed by atoms with van der Waals surface area (Å²) < 4.78 is 5.48. The predicted octanol–water partition coefficient (Wildman–Crippen LogP) is 4.53. The summed E-state index contributed by atoms with van der Waals surface area (Å²) in [5.74, 6) is -0.00202. The first-order valence-corrected chi connectivity index (χ1v) is 9.59. The molecule has 1 aliphatic rings. The van der Waals surface area contributed by atoms with Crippen LogP contribution < -0.4 is 4.90 Å². The van der Waals surface area contributed by atoms with Crippen molar-refractivity contribution in [3.8, 4) is 11.1 Å². The van der Waals surface area contributed by atoms with Gasteiger partial charge in [-0.1, -0.05) is 23.7 Å². The third-order valence-corrected chi connectivity index (χ3v) is 5.76. The summed E-state index contributed by atoms with van der Waals surface area (Å²) in [6.45, 7) is 3.04. The monoisotopic (exact) mass is 384 g/mol. The number of halogens is 1. The quantitative estimate of drug-likeness (QED) is 0.620. The second-order valence-corrected chi connectivity index (χ2v) is 7.47. The van der Waals surface area contributed by atoms with Crippen LogP contribution in [0.25, 0.3) is 11.1 Å². The molecule has 1 aromatic carbocycles. The van der Waals surface area contributed by atoms with Crippen LogP contribution in [0.3, 0.4) is 0 Å². The second kappa shape index (κ2) is 7.58. The van der Waals surface area contributed by atoms with Crippen LogP contribution >= 0.6 is 22.9 Å². The molecule has 0 atom stereocenters. The SMILES string of the molecule is O=C(c1cccnc1)c1cc(-c2ccc(Cl)cc2)c(N2CCOCC2)s1. The molecule has 0 radical (unpaired) electrons. The van der Waals surface area contributed by atoms with Crippen LogP contribution in [-0.4, -0.2) is 37.1 Å². The van der Waals surface area contributed by atoms with Crippen LogP contribution in [0.15, 0.2) is 54.9 Å². The van der Waals surface area contributed by atoms with E-state index in [-0.39, 0.29) is 5.78 Å². The van der Waals surface area contributed by atoms with Crippen molar-refractivity contribution in [3.05, 3.63) is 70.3 Å². The minimum Gasteiger partial charge on any atom is -0.378 e. The van der Waals surface area contributed by atoms with Crippen molar-refractivity contribution < 1.29 is 9.53 Å². The molecule has 0 aliphatic carbocycles. The van der Waals surface area contributed by atoms with Crippen molar-refractivity contribution in [2.75, 3.05) is 31.2 Å². The lowest BCUT2D eigenvalue weighted by Gasteiger charge is -2.28. The molecule has 0 bridgehead atoms. The molecule has 0 saturated carbocycles. The number of pyridine rings is 1. The van der Waals surface area contributed by atoms with Gasteiger partial charge in [-0.2, -0.15) is 0 Å². The number of thiophene rings is 1. The lowest BCUT2D eigenvalue weighted by molar-refractivity contribution is 0.104. The van der Waals surface area contributed by atoms with Crippen molar-refractivity contribution in [2.24, 2.45) is 0 Å². The number of ketones is 1. The molecule has 1 aliphatic heterocycles. The number of hydrogen-bond donors (Lipinski definition) is 0. The maximum atomic E-state index is 12.9. The van der Waals surface area contributed by atoms with Crippen molar-refractivity contribution in [2.45, 2.75) is 0 Å². The van der Waals surface area contributed by atoms with E-state index in [2.05, 4.69) is 9.88 Å². The molecule has 0 amide bonds. The Hall–Kier alpha value is -2.21. The van der Waals surface area contributed by atoms with E-state index in [0.717, 1.165) is 29.2 Å². The fraction of sp³-hybridized carbons (Fsp3) is 0.200. The van der Waals surface area contributed by atoms with Crippen molar-refractivity contribution >= 4 is 33.7 Å². The van der Waals surface area contributed by atoms with E-state index < -0.39 is 0 Å². The average Bonchev–Trinajstić information content (AvgIpc) is 3.15. The highest BCUT2D eigenvalue weighted by molar-refractivity contribution is 7.18. The fourth-order valence-corrected chi connectivity index (χ4v) is 4.29. The molecular weight excluding hydrogens is 368 g/mol. The molecule has 3 heterocycles. The Balaban J connectivity index is 1.77. The number of benzene rings is 1. The van der Waals surface area contributed by atoms with E-state index in [1.165, 1.54) is 11.3 Å². The van der Waals surface area contributed by atoms with E-state index in [9.17, 15) is 4.79 Å². The van der Waals surface area contributed by atoms with Crippen LogP contribution in [0.5, 0.6) is 0 Å². The maximum absolute atomic E-state index is 12.9. The lowest BCUT2D eigenvalue weighted by atomic mass is 10.1. The van der Waals surface area contributed by atoms with Crippen LogP contribution in [0.1, 0.15) is 15.2 Å². The molecular formula is C20H17ClN2O2S. The molecule has 1 fully saturated rings. The number of rotatable bonds is 4. The van der Waals surface area contributed by atoms with E-state index >= 15 is 0 Å². The number of morpholine rings is 1. The number of carbonyl (C=O) groups is 1. The smallest absolute Gasteiger partial charge is 0.204 e. The third kappa shape index (κ3) is 3.51. The minimum atomic E-state index is -0.00202. The van der Waals surface area contributed by atoms with Gasteiger partial charge in [-0.3, -0.25) is 9.78 Å². The van der Waals surface area contributed by atoms with Crippen LogP contribution in [0.4, 0.5) is 5.00 Å². The lowest BCUT2D eigenvalue weighted by Crippen LogP contribution is -2.35. The van der Waals surface area contributed by atoms with Crippen molar-refractivity contribution in [1.82, 2.24) is 4.98 Å². The van der Waals surface area contributed by atoms with Gasteiger partial charge in [0.1, 0.15) is 0 Å². The molecule has 4 rings (SSSR count). The van der Waals surface area contributed by atoms with Gasteiger partial charge in [-0.05, 0) is 35.9 Å². The summed E-state index contributed by atoms with van der Waals surface area (Å²) in [7, 11) is 0. The molecule has 2 aromatic heterocycles. The Morgan fingerprint density at radius 3 is 2.62 bits per heavy atom. The molecule has 3 aromatic rings. The second-order valence-electron chi connectivity index (χ2n) is 6.01. The van der Waals surface area contributed by atoms with Crippen molar-refractivity contribution in [1.29, 1.82) is 0 Å². The maximum Gasteiger partial charge on any atom is 0.204 e. The molecule has 0 N–H and O–H groups in total. The van der Waals surface area contributed by atoms with Gasteiger partial charge < -0.3 is 9.64 Å². The largest absolute Gasteiger partial charge is 0.378 e. The van der Waals surface area contributed by atoms with Gasteiger partial charge in [-0.15, -0.1) is 11.3 Å². The highest BCUT2D eigenvalue weighted by atomic mass is 35.5. The Kier molecular flexibility index (Phi) is 5.02. The normalized spacial score (nSPS) is 14.4. The molecule has 1 saturated heterocycles. The number of aromatic nitrogens is 1. The minimum absolute atomic E-state index is 0.00202. The first kappa shape index (κ1) is 17.2. The van der Waals surface area contributed by atoms with Gasteiger partial charge in [0.25, 0.3) is 0 Å². The number of hydrogen-bond acceptors (Lipinski definition) is 5. The Bertz CT molecular complexity index is 903. The topological polar surface area (TPSA) is 42.4 Å². The van der Waals surface area contributed by atoms with E-state index in [1.54, 1.807) is 24.5 Å². The molecule has 26 heavy (non-hydrogen) atoms. The predicted molar refractivity (Wildman–Crippen MR) is 105 cm³/mol. The number of ether oxygens (including phenoxy) is 1. The summed E-state index contributed by atoms with van der Waals surface area (Å²) >= 11 is 7.57. The van der Waals surface area contributed by atoms with Crippen LogP contribution in [0, 0.1) is 0 Å². The standard InChI is InChI=1S/C20H17ClN2O2S/c21-16-5-3-14(4-6-16)17-12-18(19(24)15-2-1-7-22-13-15)26-20(17)23-8-10-25-11-9-23/h1-7,12-13H,8-11H2. The summed E-state index contributed by atoms with van der Waals surface area (Å²) in [6, 6.07) is 13.3. The first-order chi connectivity index (χ1) is 12.7. The zero-order valence-corrected chi connectivity index (χ0v) is 15.6. The average molecular weight is 385 g/mol. The zero-order chi connectivity index (χ0) is 17.9. The first-order valence-electron chi connectivity index (χ1n) is 8.39. The van der Waals surface area contributed by atoms with Gasteiger partial charge in [0.05, 0.1) is 23.1 Å². The van der Waals surface area contributed by atoms with Gasteiger partial charge in [0, 0.05) is 41.6 Å². The van der Waals surface area contributed by atoms with Gasteiger partial charge >= 0.3 is 0 Å². The number of anilines is 1. The molecule has 0 unspecified atom stereocenters. The summed E-state index contributed by atoms with van der Waals surface area (Å²) in [5.41, 5.74) is 2.71. The van der Waals surface area contributed by atoms with E-state index in [0.29, 0.717) is 28.7 Å². The van der Waals surface area contributed by atoms with E-state index in [4.69, 9.17) is 16.3 Å². The molecule has 4 nitrogen and oxygen atoms in total.